The number of halogens is 3. The number of hydrogen-bond donors (Lipinski definition) is 0. The Hall–Kier alpha value is -2.13. The van der Waals surface area contributed by atoms with E-state index in [1.807, 2.05) is 19.0 Å². The van der Waals surface area contributed by atoms with E-state index in [4.69, 9.17) is 4.74 Å². The van der Waals surface area contributed by atoms with Crippen LogP contribution in [-0.4, -0.2) is 39.4 Å². The smallest absolute Gasteiger partial charge is 0.372 e. The Morgan fingerprint density at radius 1 is 1.17 bits per heavy atom. The molecule has 0 aliphatic carbocycles. The van der Waals surface area contributed by atoms with Crippen molar-refractivity contribution in [2.45, 2.75) is 35.8 Å². The molecule has 1 saturated heterocycles. The largest absolute Gasteiger partial charge is 0.416 e. The summed E-state index contributed by atoms with van der Waals surface area (Å²) in [6.45, 7) is 2.16. The van der Waals surface area contributed by atoms with Gasteiger partial charge in [-0.1, -0.05) is 19.1 Å². The van der Waals surface area contributed by atoms with Gasteiger partial charge in [0.15, 0.2) is 9.84 Å². The highest BCUT2D eigenvalue weighted by Crippen LogP contribution is 2.40. The van der Waals surface area contributed by atoms with Gasteiger partial charge in [0.25, 0.3) is 0 Å². The molecule has 1 aliphatic heterocycles. The summed E-state index contributed by atoms with van der Waals surface area (Å²) in [4.78, 5) is 5.78. The highest BCUT2D eigenvalue weighted by molar-refractivity contribution is 7.92. The van der Waals surface area contributed by atoms with E-state index >= 15 is 0 Å². The maximum atomic E-state index is 13.4. The molecule has 0 saturated carbocycles. The average Bonchev–Trinajstić information content (AvgIpc) is 2.67. The van der Waals surface area contributed by atoms with E-state index in [1.165, 1.54) is 6.07 Å². The van der Waals surface area contributed by atoms with Crippen LogP contribution >= 0.6 is 0 Å². The van der Waals surface area contributed by atoms with Gasteiger partial charge in [-0.25, -0.2) is 13.4 Å². The number of anilines is 1. The Balaban J connectivity index is 2.02. The monoisotopic (exact) mass is 428 g/mol. The van der Waals surface area contributed by atoms with Crippen molar-refractivity contribution in [3.63, 3.8) is 0 Å². The second-order valence-corrected chi connectivity index (χ2v) is 9.54. The van der Waals surface area contributed by atoms with Gasteiger partial charge in [0.05, 0.1) is 15.7 Å². The second-order valence-electron chi connectivity index (χ2n) is 7.44. The molecule has 1 aromatic heterocycles. The fourth-order valence-corrected chi connectivity index (χ4v) is 5.71. The molecular weight excluding hydrogens is 405 g/mol. The van der Waals surface area contributed by atoms with E-state index in [0.29, 0.717) is 30.5 Å². The molecule has 5 nitrogen and oxygen atoms in total. The molecule has 0 N–H and O–H groups in total. The van der Waals surface area contributed by atoms with Gasteiger partial charge >= 0.3 is 6.18 Å². The summed E-state index contributed by atoms with van der Waals surface area (Å²) in [5.74, 6) is 0.414. The first kappa shape index (κ1) is 21.6. The highest BCUT2D eigenvalue weighted by Gasteiger charge is 2.43. The van der Waals surface area contributed by atoms with Crippen molar-refractivity contribution in [1.82, 2.24) is 4.98 Å². The van der Waals surface area contributed by atoms with Crippen LogP contribution in [0.1, 0.15) is 30.6 Å². The molecule has 29 heavy (non-hydrogen) atoms. The van der Waals surface area contributed by atoms with Crippen molar-refractivity contribution in [2.75, 3.05) is 25.6 Å². The predicted molar refractivity (Wildman–Crippen MR) is 103 cm³/mol. The topological polar surface area (TPSA) is 59.5 Å². The summed E-state index contributed by atoms with van der Waals surface area (Å²) >= 11 is 0. The van der Waals surface area contributed by atoms with Gasteiger partial charge in [0, 0.05) is 32.5 Å². The van der Waals surface area contributed by atoms with Gasteiger partial charge in [0.1, 0.15) is 11.9 Å². The van der Waals surface area contributed by atoms with Gasteiger partial charge in [0.2, 0.25) is 0 Å². The summed E-state index contributed by atoms with van der Waals surface area (Å²) in [5, 5.41) is -1.01. The Bertz CT molecular complexity index is 960. The van der Waals surface area contributed by atoms with Gasteiger partial charge in [-0.05, 0) is 36.6 Å². The number of ether oxygens (including phenoxy) is 1. The van der Waals surface area contributed by atoms with Crippen molar-refractivity contribution in [2.24, 2.45) is 5.92 Å². The SMILES string of the molecule is CC1CCOC(c2ccc(N(C)C)nc2)C1S(=O)(=O)c1cccc(C(F)(F)F)c1. The van der Waals surface area contributed by atoms with Crippen LogP contribution < -0.4 is 4.90 Å². The number of hydrogen-bond acceptors (Lipinski definition) is 5. The summed E-state index contributed by atoms with van der Waals surface area (Å²) < 4.78 is 71.8. The minimum atomic E-state index is -4.62. The van der Waals surface area contributed by atoms with Crippen molar-refractivity contribution in [3.05, 3.63) is 53.7 Å². The van der Waals surface area contributed by atoms with Gasteiger partial charge < -0.3 is 9.64 Å². The Morgan fingerprint density at radius 3 is 2.48 bits per heavy atom. The molecule has 2 aromatic rings. The lowest BCUT2D eigenvalue weighted by atomic mass is 9.93. The number of sulfone groups is 1. The van der Waals surface area contributed by atoms with E-state index in [2.05, 4.69) is 4.98 Å². The molecule has 158 valence electrons. The van der Waals surface area contributed by atoms with Gasteiger partial charge in [-0.3, -0.25) is 0 Å². The van der Waals surface area contributed by atoms with Crippen LogP contribution in [0.5, 0.6) is 0 Å². The molecule has 2 heterocycles. The first-order valence-electron chi connectivity index (χ1n) is 9.18. The van der Waals surface area contributed by atoms with Crippen molar-refractivity contribution in [1.29, 1.82) is 0 Å². The third-order valence-corrected chi connectivity index (χ3v) is 7.47. The van der Waals surface area contributed by atoms with Crippen LogP contribution in [0.3, 0.4) is 0 Å². The molecule has 3 atom stereocenters. The summed E-state index contributed by atoms with van der Waals surface area (Å²) in [6, 6.07) is 7.39. The highest BCUT2D eigenvalue weighted by atomic mass is 32.2. The Kier molecular flexibility index (Phi) is 5.91. The predicted octanol–water partition coefficient (Wildman–Crippen LogP) is 4.11. The summed E-state index contributed by atoms with van der Waals surface area (Å²) in [6.07, 6.45) is -3.36. The zero-order valence-electron chi connectivity index (χ0n) is 16.3. The van der Waals surface area contributed by atoms with Crippen LogP contribution in [0, 0.1) is 5.92 Å². The minimum absolute atomic E-state index is 0.290. The molecule has 1 aromatic carbocycles. The fourth-order valence-electron chi connectivity index (χ4n) is 3.53. The lowest BCUT2D eigenvalue weighted by molar-refractivity contribution is -0.137. The molecule has 3 unspecified atom stereocenters. The standard InChI is InChI=1S/C20H23F3N2O3S/c1-13-9-10-28-18(14-7-8-17(24-12-14)25(2)3)19(13)29(26,27)16-6-4-5-15(11-16)20(21,22)23/h4-8,11-13,18-19H,9-10H2,1-3H3. The van der Waals surface area contributed by atoms with Crippen LogP contribution in [0.4, 0.5) is 19.0 Å². The normalized spacial score (nSPS) is 23.0. The van der Waals surface area contributed by atoms with Crippen LogP contribution in [-0.2, 0) is 20.8 Å². The number of benzene rings is 1. The molecule has 0 bridgehead atoms. The number of pyridine rings is 1. The lowest BCUT2D eigenvalue weighted by Crippen LogP contribution is -2.40. The summed E-state index contributed by atoms with van der Waals surface area (Å²) in [7, 11) is -0.410. The molecule has 3 rings (SSSR count). The summed E-state index contributed by atoms with van der Waals surface area (Å²) in [5.41, 5.74) is -0.404. The lowest BCUT2D eigenvalue weighted by Gasteiger charge is -2.36. The number of alkyl halides is 3. The first-order valence-corrected chi connectivity index (χ1v) is 10.7. The van der Waals surface area contributed by atoms with Crippen LogP contribution in [0.15, 0.2) is 47.5 Å². The molecule has 0 spiro atoms. The van der Waals surface area contributed by atoms with E-state index < -0.39 is 32.9 Å². The van der Waals surface area contributed by atoms with Gasteiger partial charge in [-0.2, -0.15) is 13.2 Å². The third kappa shape index (κ3) is 4.40. The Labute approximate surface area is 168 Å². The molecule has 1 fully saturated rings. The number of rotatable bonds is 4. The number of aromatic nitrogens is 1. The van der Waals surface area contributed by atoms with Crippen LogP contribution in [0.25, 0.3) is 0 Å². The molecular formula is C20H23F3N2O3S. The number of nitrogens with zero attached hydrogens (tertiary/aromatic N) is 2. The Morgan fingerprint density at radius 2 is 1.90 bits per heavy atom. The van der Waals surface area contributed by atoms with Crippen molar-refractivity contribution < 1.29 is 26.3 Å². The maximum Gasteiger partial charge on any atom is 0.416 e. The van der Waals surface area contributed by atoms with Crippen molar-refractivity contribution in [3.8, 4) is 0 Å². The quantitative estimate of drug-likeness (QED) is 0.734. The molecule has 0 amide bonds. The van der Waals surface area contributed by atoms with E-state index in [-0.39, 0.29) is 10.8 Å². The van der Waals surface area contributed by atoms with E-state index in [0.717, 1.165) is 12.1 Å². The van der Waals surface area contributed by atoms with Gasteiger partial charge in [-0.15, -0.1) is 0 Å². The fraction of sp³-hybridized carbons (Fsp3) is 0.450. The van der Waals surface area contributed by atoms with Crippen LogP contribution in [0.2, 0.25) is 0 Å². The third-order valence-electron chi connectivity index (χ3n) is 5.14. The molecule has 1 aliphatic rings. The minimum Gasteiger partial charge on any atom is -0.372 e. The molecule has 0 radical (unpaired) electrons. The zero-order chi connectivity index (χ0) is 21.4. The van der Waals surface area contributed by atoms with Crippen molar-refractivity contribution >= 4 is 15.7 Å². The maximum absolute atomic E-state index is 13.4. The van der Waals surface area contributed by atoms with E-state index in [1.54, 1.807) is 25.3 Å². The van der Waals surface area contributed by atoms with E-state index in [9.17, 15) is 21.6 Å². The zero-order valence-corrected chi connectivity index (χ0v) is 17.2. The average molecular weight is 428 g/mol. The first-order chi connectivity index (χ1) is 13.5. The molecule has 9 heteroatoms. The second kappa shape index (κ2) is 7.95.